The molecule has 3 heteroatoms. The highest BCUT2D eigenvalue weighted by Gasteiger charge is 2.26. The van der Waals surface area contributed by atoms with Crippen molar-refractivity contribution in [2.45, 2.75) is 6.42 Å². The molecule has 0 amide bonds. The Balaban J connectivity index is 2.34. The van der Waals surface area contributed by atoms with E-state index in [0.717, 1.165) is 11.1 Å². The number of allylic oxidation sites excluding steroid dienone is 6. The average Bonchev–Trinajstić information content (AvgIpc) is 2.28. The van der Waals surface area contributed by atoms with E-state index in [0.29, 0.717) is 12.0 Å². The van der Waals surface area contributed by atoms with Gasteiger partial charge in [0.2, 0.25) is 0 Å². The molecule has 84 valence electrons. The van der Waals surface area contributed by atoms with Crippen molar-refractivity contribution in [2.75, 3.05) is 0 Å². The maximum Gasteiger partial charge on any atom is 0.190 e. The van der Waals surface area contributed by atoms with Crippen molar-refractivity contribution >= 4 is 11.4 Å². The van der Waals surface area contributed by atoms with Crippen LogP contribution in [0.4, 0.5) is 0 Å². The third kappa shape index (κ3) is 1.40. The third-order valence-corrected chi connectivity index (χ3v) is 3.03. The molecule has 0 radical (unpaired) electrons. The summed E-state index contributed by atoms with van der Waals surface area (Å²) in [7, 11) is 0. The second kappa shape index (κ2) is 3.35. The molecule has 0 heterocycles. The number of hydrogen-bond acceptors (Lipinski definition) is 3. The highest BCUT2D eigenvalue weighted by molar-refractivity contribution is 6.16. The van der Waals surface area contributed by atoms with Gasteiger partial charge in [0.15, 0.2) is 5.78 Å². The monoisotopic (exact) mass is 226 g/mol. The fraction of sp³-hybridized carbons (Fsp3) is 0.0714. The van der Waals surface area contributed by atoms with Crippen LogP contribution in [0.2, 0.25) is 0 Å². The Morgan fingerprint density at radius 2 is 2.00 bits per heavy atom. The van der Waals surface area contributed by atoms with Crippen molar-refractivity contribution in [3.63, 3.8) is 0 Å². The van der Waals surface area contributed by atoms with E-state index in [9.17, 15) is 15.0 Å². The van der Waals surface area contributed by atoms with Crippen molar-refractivity contribution in [3.8, 4) is 11.5 Å². The molecule has 0 atom stereocenters. The van der Waals surface area contributed by atoms with E-state index in [1.807, 2.05) is 18.2 Å². The predicted octanol–water partition coefficient (Wildman–Crippen LogP) is 2.56. The smallest absolute Gasteiger partial charge is 0.190 e. The lowest BCUT2D eigenvalue weighted by molar-refractivity contribution is 0.104. The Morgan fingerprint density at radius 1 is 1.18 bits per heavy atom. The maximum atomic E-state index is 11.9. The average molecular weight is 226 g/mol. The molecule has 1 aromatic rings. The molecule has 1 aromatic carbocycles. The Hall–Kier alpha value is -2.29. The zero-order valence-corrected chi connectivity index (χ0v) is 8.97. The minimum Gasteiger partial charge on any atom is -0.508 e. The van der Waals surface area contributed by atoms with E-state index in [2.05, 4.69) is 0 Å². The number of phenols is 2. The van der Waals surface area contributed by atoms with Gasteiger partial charge in [0.25, 0.3) is 0 Å². The summed E-state index contributed by atoms with van der Waals surface area (Å²) in [6, 6.07) is 2.71. The molecule has 2 aliphatic carbocycles. The minimum absolute atomic E-state index is 0.0363. The molecule has 0 aromatic heterocycles. The maximum absolute atomic E-state index is 11.9. The van der Waals surface area contributed by atoms with Crippen LogP contribution < -0.4 is 0 Å². The first-order chi connectivity index (χ1) is 8.16. The summed E-state index contributed by atoms with van der Waals surface area (Å²) < 4.78 is 0. The number of fused-ring (bicyclic) bond motifs is 3. The summed E-state index contributed by atoms with van der Waals surface area (Å²) >= 11 is 0. The summed E-state index contributed by atoms with van der Waals surface area (Å²) in [5.74, 6) is -0.415. The summed E-state index contributed by atoms with van der Waals surface area (Å²) in [5, 5.41) is 19.3. The molecule has 0 fully saturated rings. The van der Waals surface area contributed by atoms with Crippen LogP contribution in [0.3, 0.4) is 0 Å². The molecular weight excluding hydrogens is 216 g/mol. The summed E-state index contributed by atoms with van der Waals surface area (Å²) in [5.41, 5.74) is 2.70. The number of ketones is 1. The molecule has 0 bridgehead atoms. The number of phenolic OH excluding ortho intramolecular Hbond substituents is 2. The lowest BCUT2D eigenvalue weighted by Crippen LogP contribution is -2.10. The molecule has 0 saturated carbocycles. The first kappa shape index (κ1) is 9.90. The molecule has 0 unspecified atom stereocenters. The van der Waals surface area contributed by atoms with E-state index in [-0.39, 0.29) is 22.8 Å². The van der Waals surface area contributed by atoms with Crippen LogP contribution in [0, 0.1) is 0 Å². The first-order valence-electron chi connectivity index (χ1n) is 5.35. The largest absolute Gasteiger partial charge is 0.508 e. The van der Waals surface area contributed by atoms with Gasteiger partial charge in [-0.1, -0.05) is 18.2 Å². The molecule has 0 spiro atoms. The van der Waals surface area contributed by atoms with Crippen LogP contribution in [-0.4, -0.2) is 16.0 Å². The van der Waals surface area contributed by atoms with Gasteiger partial charge >= 0.3 is 0 Å². The molecule has 17 heavy (non-hydrogen) atoms. The SMILES string of the molecule is O=C1C=C2CC=CC=C2c2cc(O)cc(O)c21. The third-order valence-electron chi connectivity index (χ3n) is 3.03. The highest BCUT2D eigenvalue weighted by Crippen LogP contribution is 2.40. The zero-order valence-electron chi connectivity index (χ0n) is 8.97. The van der Waals surface area contributed by atoms with Gasteiger partial charge in [-0.2, -0.15) is 0 Å². The number of rotatable bonds is 0. The number of aromatic hydroxyl groups is 2. The van der Waals surface area contributed by atoms with Crippen molar-refractivity contribution in [1.82, 2.24) is 0 Å². The van der Waals surface area contributed by atoms with E-state index < -0.39 is 0 Å². The van der Waals surface area contributed by atoms with Gasteiger partial charge < -0.3 is 10.2 Å². The van der Waals surface area contributed by atoms with Crippen LogP contribution in [0.15, 0.2) is 42.0 Å². The van der Waals surface area contributed by atoms with Crippen LogP contribution in [0.5, 0.6) is 11.5 Å². The number of hydrogen-bond donors (Lipinski definition) is 2. The van der Waals surface area contributed by atoms with Crippen molar-refractivity contribution in [2.24, 2.45) is 0 Å². The lowest BCUT2D eigenvalue weighted by Gasteiger charge is -2.21. The number of carbonyl (C=O) groups excluding carboxylic acids is 1. The minimum atomic E-state index is -0.208. The van der Waals surface area contributed by atoms with Gasteiger partial charge in [-0.15, -0.1) is 0 Å². The first-order valence-corrected chi connectivity index (χ1v) is 5.35. The fourth-order valence-electron chi connectivity index (χ4n) is 2.29. The van der Waals surface area contributed by atoms with Crippen LogP contribution in [0.1, 0.15) is 22.3 Å². The van der Waals surface area contributed by atoms with Crippen molar-refractivity contribution in [1.29, 1.82) is 0 Å². The van der Waals surface area contributed by atoms with Crippen LogP contribution >= 0.6 is 0 Å². The van der Waals surface area contributed by atoms with Crippen LogP contribution in [-0.2, 0) is 0 Å². The topological polar surface area (TPSA) is 57.5 Å². The Morgan fingerprint density at radius 3 is 2.82 bits per heavy atom. The van der Waals surface area contributed by atoms with Gasteiger partial charge in [0.1, 0.15) is 11.5 Å². The normalized spacial score (nSPS) is 17.1. The second-order valence-corrected chi connectivity index (χ2v) is 4.13. The number of benzene rings is 1. The van der Waals surface area contributed by atoms with Crippen molar-refractivity contribution in [3.05, 3.63) is 53.1 Å². The highest BCUT2D eigenvalue weighted by atomic mass is 16.3. The second-order valence-electron chi connectivity index (χ2n) is 4.13. The number of carbonyl (C=O) groups is 1. The molecule has 2 N–H and O–H groups in total. The quantitative estimate of drug-likeness (QED) is 0.714. The van der Waals surface area contributed by atoms with Gasteiger partial charge in [-0.05, 0) is 29.7 Å². The lowest BCUT2D eigenvalue weighted by atomic mass is 9.82. The summed E-state index contributed by atoms with van der Waals surface area (Å²) in [4.78, 5) is 11.9. The van der Waals surface area contributed by atoms with Crippen LogP contribution in [0.25, 0.3) is 5.57 Å². The molecule has 3 rings (SSSR count). The fourth-order valence-corrected chi connectivity index (χ4v) is 2.29. The van der Waals surface area contributed by atoms with Gasteiger partial charge in [0.05, 0.1) is 5.56 Å². The summed E-state index contributed by atoms with van der Waals surface area (Å²) in [6.45, 7) is 0. The molecule has 2 aliphatic rings. The zero-order chi connectivity index (χ0) is 12.0. The van der Waals surface area contributed by atoms with E-state index in [1.54, 1.807) is 6.08 Å². The van der Waals surface area contributed by atoms with Gasteiger partial charge in [-0.3, -0.25) is 4.79 Å². The van der Waals surface area contributed by atoms with E-state index in [1.165, 1.54) is 12.1 Å². The van der Waals surface area contributed by atoms with E-state index >= 15 is 0 Å². The Labute approximate surface area is 98.0 Å². The van der Waals surface area contributed by atoms with E-state index in [4.69, 9.17) is 0 Å². The standard InChI is InChI=1S/C14H10O3/c15-9-6-11-10-4-2-1-3-8(10)5-12(16)14(11)13(17)7-9/h1-2,4-7,15,17H,3H2. The molecular formula is C14H10O3. The summed E-state index contributed by atoms with van der Waals surface area (Å²) in [6.07, 6.45) is 8.02. The van der Waals surface area contributed by atoms with Crippen molar-refractivity contribution < 1.29 is 15.0 Å². The molecule has 3 nitrogen and oxygen atoms in total. The van der Waals surface area contributed by atoms with Gasteiger partial charge in [0, 0.05) is 11.6 Å². The molecule has 0 saturated heterocycles. The predicted molar refractivity (Wildman–Crippen MR) is 63.9 cm³/mol. The van der Waals surface area contributed by atoms with Gasteiger partial charge in [-0.25, -0.2) is 0 Å². The molecule has 0 aliphatic heterocycles. The Bertz CT molecular complexity index is 619. The Kier molecular flexibility index (Phi) is 1.95.